The van der Waals surface area contributed by atoms with Gasteiger partial charge in [-0.1, -0.05) is 24.3 Å². The molecule has 27 heavy (non-hydrogen) atoms. The van der Waals surface area contributed by atoms with Crippen molar-refractivity contribution in [1.29, 1.82) is 0 Å². The van der Waals surface area contributed by atoms with Crippen molar-refractivity contribution in [3.8, 4) is 11.5 Å². The molecular formula is C22H21NO4. The minimum absolute atomic E-state index is 0.0658. The maximum absolute atomic E-state index is 12.4. The van der Waals surface area contributed by atoms with Crippen molar-refractivity contribution in [1.82, 2.24) is 0 Å². The smallest absolute Gasteiger partial charge is 0.256 e. The van der Waals surface area contributed by atoms with Crippen LogP contribution in [0.25, 0.3) is 11.6 Å². The SMILES string of the molecule is COc1ccc(C=C2C(=O)Nc3ccccc32)cc1OC1CC2CCC1O2. The summed E-state index contributed by atoms with van der Waals surface area (Å²) in [6.07, 6.45) is 5.57. The lowest BCUT2D eigenvalue weighted by atomic mass is 9.97. The third-order valence-corrected chi connectivity index (χ3v) is 5.54. The summed E-state index contributed by atoms with van der Waals surface area (Å²) in [5, 5.41) is 2.90. The van der Waals surface area contributed by atoms with Crippen molar-refractivity contribution in [2.75, 3.05) is 12.4 Å². The fraction of sp³-hybridized carbons (Fsp3) is 0.318. The van der Waals surface area contributed by atoms with Gasteiger partial charge in [0.1, 0.15) is 6.10 Å². The van der Waals surface area contributed by atoms with E-state index < -0.39 is 0 Å². The van der Waals surface area contributed by atoms with Gasteiger partial charge in [-0.05, 0) is 42.7 Å². The molecule has 0 spiro atoms. The first kappa shape index (κ1) is 16.4. The van der Waals surface area contributed by atoms with Gasteiger partial charge in [-0.2, -0.15) is 0 Å². The number of anilines is 1. The number of rotatable bonds is 4. The van der Waals surface area contributed by atoms with Crippen molar-refractivity contribution >= 4 is 23.2 Å². The molecule has 3 aliphatic rings. The average Bonchev–Trinajstić information content (AvgIpc) is 3.37. The van der Waals surface area contributed by atoms with E-state index in [0.29, 0.717) is 23.2 Å². The quantitative estimate of drug-likeness (QED) is 0.838. The molecule has 3 unspecified atom stereocenters. The third kappa shape index (κ3) is 2.88. The largest absolute Gasteiger partial charge is 0.493 e. The molecule has 3 heterocycles. The summed E-state index contributed by atoms with van der Waals surface area (Å²) in [6, 6.07) is 13.5. The first-order valence-corrected chi connectivity index (χ1v) is 9.34. The highest BCUT2D eigenvalue weighted by Crippen LogP contribution is 2.40. The summed E-state index contributed by atoms with van der Waals surface area (Å²) < 4.78 is 17.6. The molecule has 2 bridgehead atoms. The molecule has 2 aromatic carbocycles. The van der Waals surface area contributed by atoms with Crippen LogP contribution in [0.3, 0.4) is 0 Å². The van der Waals surface area contributed by atoms with Gasteiger partial charge in [0, 0.05) is 23.2 Å². The van der Waals surface area contributed by atoms with Gasteiger partial charge < -0.3 is 19.5 Å². The van der Waals surface area contributed by atoms with E-state index >= 15 is 0 Å². The second-order valence-electron chi connectivity index (χ2n) is 7.23. The van der Waals surface area contributed by atoms with Crippen LogP contribution in [0.15, 0.2) is 42.5 Å². The number of hydrogen-bond acceptors (Lipinski definition) is 4. The molecule has 0 aliphatic carbocycles. The Kier molecular flexibility index (Phi) is 3.90. The Morgan fingerprint density at radius 1 is 1.15 bits per heavy atom. The van der Waals surface area contributed by atoms with Gasteiger partial charge in [-0.15, -0.1) is 0 Å². The number of nitrogens with one attached hydrogen (secondary N) is 1. The van der Waals surface area contributed by atoms with E-state index in [-0.39, 0.29) is 18.1 Å². The van der Waals surface area contributed by atoms with Crippen LogP contribution in [0, 0.1) is 0 Å². The molecule has 3 atom stereocenters. The van der Waals surface area contributed by atoms with Gasteiger partial charge in [-0.3, -0.25) is 4.79 Å². The second kappa shape index (κ2) is 6.43. The van der Waals surface area contributed by atoms with Crippen molar-refractivity contribution < 1.29 is 19.0 Å². The Balaban J connectivity index is 1.46. The molecule has 2 aromatic rings. The predicted molar refractivity (Wildman–Crippen MR) is 103 cm³/mol. The third-order valence-electron chi connectivity index (χ3n) is 5.54. The number of methoxy groups -OCH3 is 1. The highest BCUT2D eigenvalue weighted by Gasteiger charge is 2.42. The Bertz CT molecular complexity index is 936. The van der Waals surface area contributed by atoms with Gasteiger partial charge in [0.15, 0.2) is 11.5 Å². The molecular weight excluding hydrogens is 342 g/mol. The first-order valence-electron chi connectivity index (χ1n) is 9.34. The Morgan fingerprint density at radius 3 is 2.81 bits per heavy atom. The average molecular weight is 363 g/mol. The molecule has 2 saturated heterocycles. The van der Waals surface area contributed by atoms with E-state index in [4.69, 9.17) is 14.2 Å². The molecule has 5 rings (SSSR count). The Morgan fingerprint density at radius 2 is 2.04 bits per heavy atom. The molecule has 3 aliphatic heterocycles. The molecule has 0 radical (unpaired) electrons. The summed E-state index contributed by atoms with van der Waals surface area (Å²) in [4.78, 5) is 12.4. The summed E-state index contributed by atoms with van der Waals surface area (Å²) in [5.41, 5.74) is 3.32. The summed E-state index contributed by atoms with van der Waals surface area (Å²) >= 11 is 0. The van der Waals surface area contributed by atoms with Gasteiger partial charge in [-0.25, -0.2) is 0 Å². The number of carbonyl (C=O) groups is 1. The fourth-order valence-corrected chi connectivity index (χ4v) is 4.20. The van der Waals surface area contributed by atoms with E-state index in [0.717, 1.165) is 36.1 Å². The zero-order valence-corrected chi connectivity index (χ0v) is 15.1. The van der Waals surface area contributed by atoms with Crippen LogP contribution in [0.5, 0.6) is 11.5 Å². The van der Waals surface area contributed by atoms with Crippen LogP contribution in [0.4, 0.5) is 5.69 Å². The van der Waals surface area contributed by atoms with Crippen molar-refractivity contribution in [3.05, 3.63) is 53.6 Å². The lowest BCUT2D eigenvalue weighted by Crippen LogP contribution is -2.28. The maximum Gasteiger partial charge on any atom is 0.256 e. The summed E-state index contributed by atoms with van der Waals surface area (Å²) in [7, 11) is 1.64. The van der Waals surface area contributed by atoms with Crippen molar-refractivity contribution in [2.24, 2.45) is 0 Å². The summed E-state index contributed by atoms with van der Waals surface area (Å²) in [5.74, 6) is 1.30. The number of carbonyl (C=O) groups excluding carboxylic acids is 1. The molecule has 1 amide bonds. The molecule has 5 heteroatoms. The van der Waals surface area contributed by atoms with Gasteiger partial charge in [0.2, 0.25) is 0 Å². The standard InChI is InChI=1S/C22H21NO4/c1-25-18-8-6-13(10-16-15-4-2-3-5-17(15)23-22(16)24)11-20(18)27-21-12-14-7-9-19(21)26-14/h2-6,8,10-11,14,19,21H,7,9,12H2,1H3,(H,23,24). The highest BCUT2D eigenvalue weighted by atomic mass is 16.6. The normalized spacial score (nSPS) is 26.9. The molecule has 0 saturated carbocycles. The minimum Gasteiger partial charge on any atom is -0.493 e. The number of para-hydroxylation sites is 1. The van der Waals surface area contributed by atoms with Gasteiger partial charge in [0.05, 0.1) is 19.3 Å². The van der Waals surface area contributed by atoms with Crippen LogP contribution in [0.1, 0.15) is 30.4 Å². The van der Waals surface area contributed by atoms with Crippen molar-refractivity contribution in [3.63, 3.8) is 0 Å². The van der Waals surface area contributed by atoms with E-state index in [1.54, 1.807) is 7.11 Å². The molecule has 0 aromatic heterocycles. The van der Waals surface area contributed by atoms with Crippen LogP contribution >= 0.6 is 0 Å². The first-order chi connectivity index (χ1) is 13.2. The molecule has 2 fully saturated rings. The number of hydrogen-bond donors (Lipinski definition) is 1. The number of fused-ring (bicyclic) bond motifs is 3. The molecule has 1 N–H and O–H groups in total. The lowest BCUT2D eigenvalue weighted by molar-refractivity contribution is -0.110. The molecule has 5 nitrogen and oxygen atoms in total. The number of benzene rings is 2. The van der Waals surface area contributed by atoms with Gasteiger partial charge >= 0.3 is 0 Å². The monoisotopic (exact) mass is 363 g/mol. The topological polar surface area (TPSA) is 56.8 Å². The zero-order chi connectivity index (χ0) is 18.4. The lowest BCUT2D eigenvalue weighted by Gasteiger charge is -2.22. The van der Waals surface area contributed by atoms with Crippen molar-refractivity contribution in [2.45, 2.75) is 37.6 Å². The van der Waals surface area contributed by atoms with Crippen LogP contribution < -0.4 is 14.8 Å². The number of amides is 1. The van der Waals surface area contributed by atoms with Gasteiger partial charge in [0.25, 0.3) is 5.91 Å². The molecule has 138 valence electrons. The van der Waals surface area contributed by atoms with E-state index in [1.807, 2.05) is 48.5 Å². The Hall–Kier alpha value is -2.79. The van der Waals surface area contributed by atoms with E-state index in [9.17, 15) is 4.79 Å². The Labute approximate surface area is 157 Å². The van der Waals surface area contributed by atoms with Crippen LogP contribution in [-0.2, 0) is 9.53 Å². The maximum atomic E-state index is 12.4. The fourth-order valence-electron chi connectivity index (χ4n) is 4.20. The summed E-state index contributed by atoms with van der Waals surface area (Å²) in [6.45, 7) is 0. The van der Waals surface area contributed by atoms with E-state index in [1.165, 1.54) is 0 Å². The second-order valence-corrected chi connectivity index (χ2v) is 7.23. The predicted octanol–water partition coefficient (Wildman–Crippen LogP) is 3.89. The van der Waals surface area contributed by atoms with Crippen LogP contribution in [0.2, 0.25) is 0 Å². The zero-order valence-electron chi connectivity index (χ0n) is 15.1. The highest BCUT2D eigenvalue weighted by molar-refractivity contribution is 6.34. The van der Waals surface area contributed by atoms with E-state index in [2.05, 4.69) is 5.32 Å². The van der Waals surface area contributed by atoms with Crippen LogP contribution in [-0.4, -0.2) is 31.3 Å². The minimum atomic E-state index is -0.0870. The number of ether oxygens (including phenoxy) is 3.